The van der Waals surface area contributed by atoms with E-state index in [-0.39, 0.29) is 11.9 Å². The zero-order valence-electron chi connectivity index (χ0n) is 18.6. The fraction of sp³-hybridized carbons (Fsp3) is 0.435. The number of rotatable bonds is 7. The Morgan fingerprint density at radius 3 is 2.57 bits per heavy atom. The SMILES string of the molecule is Cc1nc2c(c(C)nn2C)c(C)c1CCC(=O)NCC(c1ccccc1Cl)N(C)C. The van der Waals surface area contributed by atoms with Crippen molar-refractivity contribution in [3.8, 4) is 0 Å². The zero-order valence-corrected chi connectivity index (χ0v) is 19.3. The number of halogens is 1. The highest BCUT2D eigenvalue weighted by Crippen LogP contribution is 2.27. The number of likely N-dealkylation sites (N-methyl/N-ethyl adjacent to an activating group) is 1. The lowest BCUT2D eigenvalue weighted by Crippen LogP contribution is -2.34. The summed E-state index contributed by atoms with van der Waals surface area (Å²) in [5.41, 5.74) is 6.12. The fourth-order valence-electron chi connectivity index (χ4n) is 4.08. The van der Waals surface area contributed by atoms with E-state index in [0.29, 0.717) is 24.4 Å². The molecule has 30 heavy (non-hydrogen) atoms. The van der Waals surface area contributed by atoms with Crippen molar-refractivity contribution in [3.05, 3.63) is 57.4 Å². The van der Waals surface area contributed by atoms with Gasteiger partial charge in [0.25, 0.3) is 0 Å². The standard InChI is InChI=1S/C23H30ClN5O/c1-14-17(15(2)26-23-22(14)16(3)27-29(23)6)11-12-21(30)25-13-20(28(4)5)18-9-7-8-10-19(18)24/h7-10,20H,11-13H2,1-6H3,(H,25,30). The van der Waals surface area contributed by atoms with E-state index in [1.165, 1.54) is 0 Å². The molecule has 0 fully saturated rings. The molecule has 1 atom stereocenters. The van der Waals surface area contributed by atoms with Crippen LogP contribution < -0.4 is 5.32 Å². The minimum atomic E-state index is 0.0159. The van der Waals surface area contributed by atoms with Crippen LogP contribution in [0.3, 0.4) is 0 Å². The summed E-state index contributed by atoms with van der Waals surface area (Å²) in [7, 11) is 5.89. The summed E-state index contributed by atoms with van der Waals surface area (Å²) in [4.78, 5) is 19.4. The van der Waals surface area contributed by atoms with Crippen molar-refractivity contribution >= 4 is 28.5 Å². The Labute approximate surface area is 183 Å². The number of fused-ring (bicyclic) bond motifs is 1. The van der Waals surface area contributed by atoms with Gasteiger partial charge in [-0.15, -0.1) is 0 Å². The second-order valence-corrected chi connectivity index (χ2v) is 8.42. The molecule has 1 unspecified atom stereocenters. The average molecular weight is 428 g/mol. The van der Waals surface area contributed by atoms with Crippen LogP contribution in [0.25, 0.3) is 11.0 Å². The molecule has 2 heterocycles. The number of amides is 1. The van der Waals surface area contributed by atoms with Gasteiger partial charge in [-0.1, -0.05) is 29.8 Å². The van der Waals surface area contributed by atoms with Crippen LogP contribution in [0.15, 0.2) is 24.3 Å². The molecule has 0 spiro atoms. The van der Waals surface area contributed by atoms with E-state index in [9.17, 15) is 4.79 Å². The molecule has 160 valence electrons. The molecule has 3 aromatic rings. The van der Waals surface area contributed by atoms with E-state index in [4.69, 9.17) is 16.6 Å². The molecule has 0 aliphatic rings. The molecule has 0 aliphatic carbocycles. The quantitative estimate of drug-likeness (QED) is 0.621. The predicted octanol–water partition coefficient (Wildman–Crippen LogP) is 3.90. The lowest BCUT2D eigenvalue weighted by Gasteiger charge is -2.26. The minimum absolute atomic E-state index is 0.0159. The minimum Gasteiger partial charge on any atom is -0.354 e. The maximum absolute atomic E-state index is 12.6. The Kier molecular flexibility index (Phi) is 6.78. The van der Waals surface area contributed by atoms with Gasteiger partial charge in [0, 0.05) is 36.1 Å². The van der Waals surface area contributed by atoms with Crippen LogP contribution in [0.4, 0.5) is 0 Å². The van der Waals surface area contributed by atoms with Gasteiger partial charge < -0.3 is 10.2 Å². The largest absolute Gasteiger partial charge is 0.354 e. The molecule has 1 amide bonds. The van der Waals surface area contributed by atoms with Gasteiger partial charge in [-0.3, -0.25) is 9.48 Å². The zero-order chi connectivity index (χ0) is 22.0. The van der Waals surface area contributed by atoms with Crippen LogP contribution in [-0.4, -0.2) is 46.2 Å². The van der Waals surface area contributed by atoms with Gasteiger partial charge in [-0.25, -0.2) is 4.98 Å². The van der Waals surface area contributed by atoms with Gasteiger partial charge >= 0.3 is 0 Å². The Balaban J connectivity index is 1.69. The first-order valence-electron chi connectivity index (χ1n) is 10.2. The maximum atomic E-state index is 12.6. The number of aromatic nitrogens is 3. The number of pyridine rings is 1. The van der Waals surface area contributed by atoms with Crippen molar-refractivity contribution in [1.82, 2.24) is 25.0 Å². The molecule has 7 heteroatoms. The molecule has 2 aromatic heterocycles. The highest BCUT2D eigenvalue weighted by molar-refractivity contribution is 6.31. The monoisotopic (exact) mass is 427 g/mol. The van der Waals surface area contributed by atoms with Crippen LogP contribution in [0.5, 0.6) is 0 Å². The summed E-state index contributed by atoms with van der Waals surface area (Å²) in [5.74, 6) is 0.0238. The molecule has 6 nitrogen and oxygen atoms in total. The van der Waals surface area contributed by atoms with Gasteiger partial charge in [-0.2, -0.15) is 5.10 Å². The predicted molar refractivity (Wildman–Crippen MR) is 122 cm³/mol. The van der Waals surface area contributed by atoms with Crippen LogP contribution >= 0.6 is 11.6 Å². The maximum Gasteiger partial charge on any atom is 0.220 e. The summed E-state index contributed by atoms with van der Waals surface area (Å²) >= 11 is 6.36. The molecule has 0 radical (unpaired) electrons. The highest BCUT2D eigenvalue weighted by Gasteiger charge is 2.19. The van der Waals surface area contributed by atoms with Gasteiger partial charge in [0.15, 0.2) is 5.65 Å². The van der Waals surface area contributed by atoms with Crippen molar-refractivity contribution in [1.29, 1.82) is 0 Å². The Bertz CT molecular complexity index is 1070. The lowest BCUT2D eigenvalue weighted by atomic mass is 9.99. The Morgan fingerprint density at radius 1 is 1.20 bits per heavy atom. The Hall–Kier alpha value is -2.44. The number of nitrogens with zero attached hydrogens (tertiary/aromatic N) is 4. The first-order valence-corrected chi connectivity index (χ1v) is 10.6. The van der Waals surface area contributed by atoms with Crippen molar-refractivity contribution in [2.24, 2.45) is 7.05 Å². The number of nitrogens with one attached hydrogen (secondary N) is 1. The van der Waals surface area contributed by atoms with Crippen molar-refractivity contribution in [3.63, 3.8) is 0 Å². The smallest absolute Gasteiger partial charge is 0.220 e. The fourth-order valence-corrected chi connectivity index (χ4v) is 4.35. The third kappa shape index (κ3) is 4.50. The third-order valence-corrected chi connectivity index (χ3v) is 6.06. The van der Waals surface area contributed by atoms with Crippen LogP contribution in [0, 0.1) is 20.8 Å². The van der Waals surface area contributed by atoms with E-state index >= 15 is 0 Å². The topological polar surface area (TPSA) is 63.1 Å². The third-order valence-electron chi connectivity index (χ3n) is 5.71. The average Bonchev–Trinajstić information content (AvgIpc) is 2.96. The summed E-state index contributed by atoms with van der Waals surface area (Å²) in [6.07, 6.45) is 1.07. The number of aryl methyl sites for hydroxylation is 4. The van der Waals surface area contributed by atoms with E-state index in [1.807, 2.05) is 63.9 Å². The molecule has 3 rings (SSSR count). The number of hydrogen-bond acceptors (Lipinski definition) is 4. The first-order chi connectivity index (χ1) is 14.2. The van der Waals surface area contributed by atoms with Gasteiger partial charge in [-0.05, 0) is 64.0 Å². The van der Waals surface area contributed by atoms with Crippen LogP contribution in [0.1, 0.15) is 40.5 Å². The highest BCUT2D eigenvalue weighted by atomic mass is 35.5. The number of benzene rings is 1. The molecular weight excluding hydrogens is 398 g/mol. The van der Waals surface area contributed by atoms with E-state index in [0.717, 1.165) is 39.1 Å². The molecule has 1 N–H and O–H groups in total. The second-order valence-electron chi connectivity index (χ2n) is 8.01. The van der Waals surface area contributed by atoms with Crippen LogP contribution in [-0.2, 0) is 18.3 Å². The molecule has 0 saturated heterocycles. The van der Waals surface area contributed by atoms with Gasteiger partial charge in [0.05, 0.1) is 11.7 Å². The molecular formula is C23H30ClN5O. The number of carbonyl (C=O) groups excluding carboxylic acids is 1. The molecule has 0 saturated carbocycles. The number of carbonyl (C=O) groups is 1. The molecule has 0 aliphatic heterocycles. The van der Waals surface area contributed by atoms with Crippen molar-refractivity contribution < 1.29 is 4.79 Å². The first kappa shape index (κ1) is 22.2. The molecule has 1 aromatic carbocycles. The van der Waals surface area contributed by atoms with E-state index < -0.39 is 0 Å². The van der Waals surface area contributed by atoms with Crippen molar-refractivity contribution in [2.75, 3.05) is 20.6 Å². The van der Waals surface area contributed by atoms with Crippen molar-refractivity contribution in [2.45, 2.75) is 39.7 Å². The summed E-state index contributed by atoms with van der Waals surface area (Å²) < 4.78 is 1.82. The summed E-state index contributed by atoms with van der Waals surface area (Å²) in [6, 6.07) is 7.78. The number of hydrogen-bond donors (Lipinski definition) is 1. The van der Waals surface area contributed by atoms with Crippen LogP contribution in [0.2, 0.25) is 5.02 Å². The van der Waals surface area contributed by atoms with Gasteiger partial charge in [0.1, 0.15) is 0 Å². The van der Waals surface area contributed by atoms with Gasteiger partial charge in [0.2, 0.25) is 5.91 Å². The lowest BCUT2D eigenvalue weighted by molar-refractivity contribution is -0.121. The summed E-state index contributed by atoms with van der Waals surface area (Å²) in [6.45, 7) is 6.60. The second kappa shape index (κ2) is 9.14. The Morgan fingerprint density at radius 2 is 1.90 bits per heavy atom. The van der Waals surface area contributed by atoms with E-state index in [2.05, 4.69) is 22.2 Å². The van der Waals surface area contributed by atoms with E-state index in [1.54, 1.807) is 0 Å². The normalized spacial score (nSPS) is 12.5. The summed E-state index contributed by atoms with van der Waals surface area (Å²) in [5, 5.41) is 9.36. The molecule has 0 bridgehead atoms.